The normalized spacial score (nSPS) is 37.0. The van der Waals surface area contributed by atoms with Crippen LogP contribution in [0.5, 0.6) is 5.75 Å². The minimum atomic E-state index is -4.88. The number of aliphatic hydroxyl groups excluding tert-OH is 1. The number of para-hydroxylation sites is 1. The van der Waals surface area contributed by atoms with Crippen LogP contribution in [0.2, 0.25) is 0 Å². The third-order valence-corrected chi connectivity index (χ3v) is 15.9. The van der Waals surface area contributed by atoms with Crippen molar-refractivity contribution in [3.63, 3.8) is 0 Å². The van der Waals surface area contributed by atoms with E-state index >= 15 is 4.79 Å². The van der Waals surface area contributed by atoms with Gasteiger partial charge in [0.2, 0.25) is 0 Å². The Balaban J connectivity index is 1.34. The molecular formula is C43H55N5O11S. The van der Waals surface area contributed by atoms with Gasteiger partial charge in [-0.3, -0.25) is 23.9 Å². The van der Waals surface area contributed by atoms with Crippen molar-refractivity contribution < 1.29 is 51.5 Å². The van der Waals surface area contributed by atoms with Gasteiger partial charge in [-0.25, -0.2) is 4.18 Å². The fraction of sp³-hybridized carbons (Fsp3) is 0.581. The van der Waals surface area contributed by atoms with E-state index in [-0.39, 0.29) is 18.8 Å². The summed E-state index contributed by atoms with van der Waals surface area (Å²) >= 11 is 0. The summed E-state index contributed by atoms with van der Waals surface area (Å²) in [5, 5.41) is 38.2. The van der Waals surface area contributed by atoms with Crippen molar-refractivity contribution in [2.75, 3.05) is 65.5 Å². The number of piperidine rings is 1. The molecule has 10 atom stereocenters. The number of H-pyrrole nitrogens is 1. The third-order valence-electron chi connectivity index (χ3n) is 15.4. The van der Waals surface area contributed by atoms with Crippen LogP contribution in [0.4, 0.5) is 5.69 Å². The molecule has 2 aromatic carbocycles. The SMILES string of the molecule is CC[C@]1(O)C[C@H]2C[N@](CCc3c([nH]c4ccccc34)[C@@](C(=O)OC)(c3cc4c(cc3OC)N(C)[C@H]3[C@@](O)(C(N)=O)[C@H](O)[C@]5(CCOS(=O)(=O)O)C=CCN6CC[C@]43[C@@H]65)C2)C1. The molecule has 1 amide bonds. The number of nitrogens with one attached hydrogen (secondary N) is 1. The molecule has 9 rings (SSSR count). The molecule has 16 nitrogen and oxygen atoms in total. The summed E-state index contributed by atoms with van der Waals surface area (Å²) in [6.07, 6.45) is 3.71. The molecule has 324 valence electrons. The molecule has 1 aromatic heterocycles. The Bertz CT molecular complexity index is 2410. The molecule has 0 unspecified atom stereocenters. The number of hydrogen-bond acceptors (Lipinski definition) is 13. The number of ether oxygens (including phenoxy) is 2. The van der Waals surface area contributed by atoms with Gasteiger partial charge < -0.3 is 40.4 Å². The van der Waals surface area contributed by atoms with E-state index in [1.54, 1.807) is 18.0 Å². The van der Waals surface area contributed by atoms with Crippen LogP contribution in [0.25, 0.3) is 10.9 Å². The van der Waals surface area contributed by atoms with Gasteiger partial charge in [0.15, 0.2) is 5.60 Å². The van der Waals surface area contributed by atoms with Crippen LogP contribution >= 0.6 is 0 Å². The average molecular weight is 850 g/mol. The molecule has 17 heteroatoms. The number of benzene rings is 2. The summed E-state index contributed by atoms with van der Waals surface area (Å²) in [6, 6.07) is 9.96. The second-order valence-corrected chi connectivity index (χ2v) is 19.2. The van der Waals surface area contributed by atoms with Gasteiger partial charge in [0.1, 0.15) is 17.3 Å². The summed E-state index contributed by atoms with van der Waals surface area (Å²) < 4.78 is 50.2. The molecule has 3 fully saturated rings. The lowest BCUT2D eigenvalue weighted by molar-refractivity contribution is -0.203. The number of methoxy groups -OCH3 is 2. The number of likely N-dealkylation sites (N-methyl/N-ethyl adjacent to an activating group) is 1. The molecule has 1 spiro atoms. The summed E-state index contributed by atoms with van der Waals surface area (Å²) in [6.45, 7) is 4.18. The fourth-order valence-corrected chi connectivity index (χ4v) is 13.5. The molecule has 2 bridgehead atoms. The van der Waals surface area contributed by atoms with E-state index in [2.05, 4.69) is 14.8 Å². The molecule has 5 aliphatic heterocycles. The van der Waals surface area contributed by atoms with E-state index in [0.717, 1.165) is 16.5 Å². The molecule has 7 N–H and O–H groups in total. The number of nitrogens with zero attached hydrogens (tertiary/aromatic N) is 3. The number of rotatable bonds is 9. The van der Waals surface area contributed by atoms with Crippen molar-refractivity contribution >= 4 is 38.9 Å². The number of nitrogens with two attached hydrogens (primary N) is 1. The summed E-state index contributed by atoms with van der Waals surface area (Å²) in [5.74, 6) is -1.49. The van der Waals surface area contributed by atoms with Gasteiger partial charge in [-0.1, -0.05) is 37.3 Å². The van der Waals surface area contributed by atoms with Gasteiger partial charge in [-0.05, 0) is 74.2 Å². The number of aromatic amines is 1. The summed E-state index contributed by atoms with van der Waals surface area (Å²) in [4.78, 5) is 39.0. The first-order valence-corrected chi connectivity index (χ1v) is 22.1. The van der Waals surface area contributed by atoms with Crippen LogP contribution in [0.1, 0.15) is 61.4 Å². The van der Waals surface area contributed by atoms with Crippen LogP contribution in [0, 0.1) is 11.3 Å². The van der Waals surface area contributed by atoms with Crippen molar-refractivity contribution in [3.05, 3.63) is 70.9 Å². The first-order valence-electron chi connectivity index (χ1n) is 20.8. The summed E-state index contributed by atoms with van der Waals surface area (Å²) in [7, 11) is -0.236. The molecule has 0 radical (unpaired) electrons. The molecule has 6 aliphatic rings. The largest absolute Gasteiger partial charge is 0.496 e. The number of hydrogen-bond donors (Lipinski definition) is 6. The highest BCUT2D eigenvalue weighted by Gasteiger charge is 2.78. The lowest BCUT2D eigenvalue weighted by Gasteiger charge is -2.63. The Hall–Kier alpha value is -4.07. The molecule has 6 heterocycles. The van der Waals surface area contributed by atoms with Crippen LogP contribution in [0.15, 0.2) is 48.6 Å². The van der Waals surface area contributed by atoms with Gasteiger partial charge >= 0.3 is 16.4 Å². The Morgan fingerprint density at radius 1 is 1.07 bits per heavy atom. The predicted molar refractivity (Wildman–Crippen MR) is 220 cm³/mol. The van der Waals surface area contributed by atoms with E-state index in [9.17, 15) is 33.1 Å². The number of fused-ring (bicyclic) bond motifs is 6. The highest BCUT2D eigenvalue weighted by atomic mass is 32.3. The van der Waals surface area contributed by atoms with Crippen molar-refractivity contribution in [1.82, 2.24) is 14.8 Å². The quantitative estimate of drug-likeness (QED) is 0.102. The first kappa shape index (κ1) is 41.3. The minimum absolute atomic E-state index is 0.169. The second-order valence-electron chi connectivity index (χ2n) is 18.1. The smallest absolute Gasteiger partial charge is 0.397 e. The van der Waals surface area contributed by atoms with E-state index in [4.69, 9.17) is 19.4 Å². The molecular weight excluding hydrogens is 795 g/mol. The molecule has 2 saturated heterocycles. The maximum Gasteiger partial charge on any atom is 0.397 e. The Morgan fingerprint density at radius 2 is 1.83 bits per heavy atom. The number of carbonyl (C=O) groups is 2. The van der Waals surface area contributed by atoms with Gasteiger partial charge in [-0.15, -0.1) is 0 Å². The second kappa shape index (κ2) is 14.0. The van der Waals surface area contributed by atoms with E-state index in [1.807, 2.05) is 49.4 Å². The minimum Gasteiger partial charge on any atom is -0.496 e. The zero-order valence-electron chi connectivity index (χ0n) is 34.4. The van der Waals surface area contributed by atoms with Crippen molar-refractivity contribution in [2.45, 2.75) is 85.7 Å². The zero-order valence-corrected chi connectivity index (χ0v) is 35.2. The average Bonchev–Trinajstić information content (AvgIpc) is 3.87. The zero-order chi connectivity index (χ0) is 42.8. The van der Waals surface area contributed by atoms with E-state index in [0.29, 0.717) is 86.7 Å². The van der Waals surface area contributed by atoms with Crippen molar-refractivity contribution in [3.8, 4) is 5.75 Å². The summed E-state index contributed by atoms with van der Waals surface area (Å²) in [5.41, 5.74) is 2.67. The lowest BCUT2D eigenvalue weighted by atomic mass is 9.47. The molecule has 1 saturated carbocycles. The number of amides is 1. The monoisotopic (exact) mass is 849 g/mol. The van der Waals surface area contributed by atoms with Crippen LogP contribution in [-0.2, 0) is 46.2 Å². The van der Waals surface area contributed by atoms with Crippen molar-refractivity contribution in [1.29, 1.82) is 0 Å². The highest BCUT2D eigenvalue weighted by molar-refractivity contribution is 7.80. The maximum absolute atomic E-state index is 15.3. The van der Waals surface area contributed by atoms with Gasteiger partial charge in [0.25, 0.3) is 5.91 Å². The topological polar surface area (TPSA) is 228 Å². The Kier molecular flexibility index (Phi) is 9.62. The van der Waals surface area contributed by atoms with E-state index < -0.39 is 74.5 Å². The number of aromatic nitrogens is 1. The van der Waals surface area contributed by atoms with Crippen LogP contribution in [0.3, 0.4) is 0 Å². The fourth-order valence-electron chi connectivity index (χ4n) is 13.2. The standard InChI is InChI=1S/C43H55N5O11S/c1-5-39(52)21-25-22-42(38(51)58-4,33-27(11-16-47(23-25)24-39)26-9-6-7-10-30(26)45-33)29-19-28-31(20-32(29)57-3)46(2)35-41(28)13-17-48-15-8-12-40(34(41)48,14-18-59-60(54,55)56)36(49)43(35,53)37(44)50/h6-10,12,19-20,25,34-36,45,49,52-53H,5,11,13-18,21-24H2,1-4H3,(H2,44,50)(H,54,55,56)/t25-,34+,35-,36-,39+,40+,41-,42+,43+/m1/s1. The van der Waals surface area contributed by atoms with Gasteiger partial charge in [-0.2, -0.15) is 8.42 Å². The van der Waals surface area contributed by atoms with Crippen LogP contribution < -0.4 is 15.4 Å². The predicted octanol–water partition coefficient (Wildman–Crippen LogP) is 1.53. The first-order chi connectivity index (χ1) is 28.4. The molecule has 60 heavy (non-hydrogen) atoms. The highest BCUT2D eigenvalue weighted by Crippen LogP contribution is 2.67. The Morgan fingerprint density at radius 3 is 2.53 bits per heavy atom. The lowest BCUT2D eigenvalue weighted by Crippen LogP contribution is -2.81. The number of primary amides is 1. The van der Waals surface area contributed by atoms with E-state index in [1.165, 1.54) is 14.2 Å². The maximum atomic E-state index is 15.3. The Labute approximate surface area is 349 Å². The number of carbonyl (C=O) groups excluding carboxylic acids is 2. The van der Waals surface area contributed by atoms with Gasteiger partial charge in [0, 0.05) is 84.0 Å². The third kappa shape index (κ3) is 5.55. The number of anilines is 1. The molecule has 1 aliphatic carbocycles. The number of aliphatic hydroxyl groups is 3. The molecule has 3 aromatic rings. The number of esters is 1. The van der Waals surface area contributed by atoms with Crippen LogP contribution in [-0.4, -0.2) is 145 Å². The van der Waals surface area contributed by atoms with Crippen molar-refractivity contribution in [2.24, 2.45) is 17.1 Å². The van der Waals surface area contributed by atoms with Gasteiger partial charge in [0.05, 0.1) is 32.5 Å².